The van der Waals surface area contributed by atoms with Gasteiger partial charge in [0, 0.05) is 0 Å². The van der Waals surface area contributed by atoms with Gasteiger partial charge in [0.25, 0.3) is 0 Å². The van der Waals surface area contributed by atoms with E-state index in [4.69, 9.17) is 16.5 Å². The number of rotatable bonds is 7. The minimum absolute atomic E-state index is 0.332. The van der Waals surface area contributed by atoms with Gasteiger partial charge in [0.1, 0.15) is 0 Å². The van der Waals surface area contributed by atoms with Crippen molar-refractivity contribution in [2.75, 3.05) is 0 Å². The molecule has 1 fully saturated rings. The van der Waals surface area contributed by atoms with Crippen LogP contribution in [0.4, 0.5) is 13.2 Å². The van der Waals surface area contributed by atoms with Gasteiger partial charge in [0.2, 0.25) is 0 Å². The predicted octanol–water partition coefficient (Wildman–Crippen LogP) is 4.98. The Morgan fingerprint density at radius 3 is 0.944 bits per heavy atom. The van der Waals surface area contributed by atoms with Gasteiger partial charge in [-0.25, -0.2) is 0 Å². The molecule has 0 radical (unpaired) electrons. The molecular formula is C43H35F3O4Si4. The molecule has 0 spiro atoms. The molecule has 8 rings (SSSR count). The lowest BCUT2D eigenvalue weighted by Gasteiger charge is -2.50. The molecule has 0 amide bonds. The molecule has 7 aromatic rings. The monoisotopic (exact) mass is 784 g/mol. The zero-order valence-electron chi connectivity index (χ0n) is 29.0. The third-order valence-corrected chi connectivity index (χ3v) is 26.0. The van der Waals surface area contributed by atoms with E-state index < -0.39 is 46.7 Å². The maximum absolute atomic E-state index is 14.4. The molecule has 1 saturated heterocycles. The summed E-state index contributed by atoms with van der Waals surface area (Å²) in [5.41, 5.74) is -0.778. The highest BCUT2D eigenvalue weighted by Crippen LogP contribution is 2.31. The second-order valence-electron chi connectivity index (χ2n) is 12.9. The predicted molar refractivity (Wildman–Crippen MR) is 216 cm³/mol. The molecule has 1 heterocycles. The van der Waals surface area contributed by atoms with Crippen LogP contribution in [0.25, 0.3) is 0 Å². The Morgan fingerprint density at radius 2 is 0.648 bits per heavy atom. The summed E-state index contributed by atoms with van der Waals surface area (Å²) in [6.07, 6.45) is -4.58. The Hall–Kier alpha value is -4.96. The van der Waals surface area contributed by atoms with Gasteiger partial charge in [-0.3, -0.25) is 0 Å². The second kappa shape index (κ2) is 15.0. The minimum Gasteiger partial charge on any atom is -0.408 e. The van der Waals surface area contributed by atoms with E-state index in [2.05, 4.69) is 0 Å². The van der Waals surface area contributed by atoms with Gasteiger partial charge in [0.15, 0.2) is 0 Å². The van der Waals surface area contributed by atoms with Crippen molar-refractivity contribution in [1.82, 2.24) is 0 Å². The highest BCUT2D eigenvalue weighted by atomic mass is 28.5. The molecule has 0 atom stereocenters. The lowest BCUT2D eigenvalue weighted by Crippen LogP contribution is -2.84. The molecule has 1 aliphatic heterocycles. The Labute approximate surface area is 317 Å². The Bertz CT molecular complexity index is 2070. The minimum atomic E-state index is -4.58. The first-order chi connectivity index (χ1) is 26.3. The third kappa shape index (κ3) is 6.81. The fourth-order valence-corrected chi connectivity index (χ4v) is 27.5. The molecular weight excluding hydrogens is 750 g/mol. The van der Waals surface area contributed by atoms with Crippen molar-refractivity contribution in [3.8, 4) is 0 Å². The van der Waals surface area contributed by atoms with Gasteiger partial charge < -0.3 is 16.5 Å². The highest BCUT2D eigenvalue weighted by Gasteiger charge is 2.63. The second-order valence-corrected chi connectivity index (χ2v) is 25.0. The van der Waals surface area contributed by atoms with Crippen molar-refractivity contribution in [3.63, 3.8) is 0 Å². The normalized spacial score (nSPS) is 16.9. The highest BCUT2D eigenvalue weighted by molar-refractivity contribution is 7.12. The molecule has 0 aliphatic carbocycles. The molecule has 54 heavy (non-hydrogen) atoms. The number of hydrogen-bond acceptors (Lipinski definition) is 4. The van der Waals surface area contributed by atoms with Crippen LogP contribution in [-0.2, 0) is 22.6 Å². The average Bonchev–Trinajstić information content (AvgIpc) is 3.23. The quantitative estimate of drug-likeness (QED) is 0.214. The van der Waals surface area contributed by atoms with Gasteiger partial charge in [-0.15, -0.1) is 0 Å². The molecule has 0 bridgehead atoms. The van der Waals surface area contributed by atoms with Crippen LogP contribution in [0.1, 0.15) is 5.56 Å². The molecule has 268 valence electrons. The lowest BCUT2D eigenvalue weighted by atomic mass is 10.2. The summed E-state index contributed by atoms with van der Waals surface area (Å²) in [5, 5.41) is 5.15. The van der Waals surface area contributed by atoms with Gasteiger partial charge >= 0.3 is 41.1 Å². The van der Waals surface area contributed by atoms with E-state index in [1.807, 2.05) is 182 Å². The molecule has 0 saturated carbocycles. The van der Waals surface area contributed by atoms with E-state index in [-0.39, 0.29) is 0 Å². The van der Waals surface area contributed by atoms with Crippen LogP contribution >= 0.6 is 0 Å². The zero-order chi connectivity index (χ0) is 37.1. The number of halogens is 3. The fourth-order valence-electron chi connectivity index (χ4n) is 6.99. The summed E-state index contributed by atoms with van der Waals surface area (Å²) in [7, 11) is -15.4. The molecule has 0 unspecified atom stereocenters. The Balaban J connectivity index is 1.52. The van der Waals surface area contributed by atoms with Crippen LogP contribution < -0.4 is 36.3 Å². The van der Waals surface area contributed by atoms with Crippen LogP contribution in [-0.4, -0.2) is 35.0 Å². The molecule has 0 N–H and O–H groups in total. The van der Waals surface area contributed by atoms with Crippen molar-refractivity contribution in [2.24, 2.45) is 0 Å². The summed E-state index contributed by atoms with van der Waals surface area (Å²) >= 11 is 0. The van der Waals surface area contributed by atoms with E-state index in [1.54, 1.807) is 6.07 Å². The molecule has 7 aromatic carbocycles. The van der Waals surface area contributed by atoms with Crippen LogP contribution in [0.2, 0.25) is 0 Å². The van der Waals surface area contributed by atoms with Gasteiger partial charge in [-0.1, -0.05) is 200 Å². The maximum Gasteiger partial charge on any atom is 0.416 e. The molecule has 1 aliphatic rings. The number of alkyl halides is 3. The van der Waals surface area contributed by atoms with Crippen LogP contribution in [0, 0.1) is 0 Å². The van der Waals surface area contributed by atoms with E-state index in [9.17, 15) is 13.2 Å². The van der Waals surface area contributed by atoms with Gasteiger partial charge in [0.05, 0.1) is 5.56 Å². The summed E-state index contributed by atoms with van der Waals surface area (Å²) in [6, 6.07) is 64.3. The first-order valence-electron chi connectivity index (χ1n) is 17.6. The SMILES string of the molecule is FC(F)(F)c1cccc([SiH]2O[Si](c3ccccc3)(c3ccccc3)O[Si](c3ccccc3)(c3ccccc3)O[Si](c3ccccc3)(c3ccccc3)O2)c1. The topological polar surface area (TPSA) is 36.9 Å². The third-order valence-electron chi connectivity index (χ3n) is 9.53. The van der Waals surface area contributed by atoms with Crippen LogP contribution in [0.15, 0.2) is 206 Å². The summed E-state index contributed by atoms with van der Waals surface area (Å²) in [4.78, 5) is 0. The van der Waals surface area contributed by atoms with Crippen LogP contribution in [0.3, 0.4) is 0 Å². The number of hydrogen-bond donors (Lipinski definition) is 0. The Kier molecular flexibility index (Phi) is 10.0. The first kappa shape index (κ1) is 36.0. The Morgan fingerprint density at radius 1 is 0.352 bits per heavy atom. The van der Waals surface area contributed by atoms with Crippen molar-refractivity contribution in [3.05, 3.63) is 212 Å². The molecule has 11 heteroatoms. The van der Waals surface area contributed by atoms with Crippen molar-refractivity contribution >= 4 is 71.3 Å². The largest absolute Gasteiger partial charge is 0.416 e. The summed E-state index contributed by atoms with van der Waals surface area (Å²) in [6.45, 7) is 0. The fraction of sp³-hybridized carbons (Fsp3) is 0.0233. The van der Waals surface area contributed by atoms with Crippen molar-refractivity contribution < 1.29 is 29.6 Å². The van der Waals surface area contributed by atoms with E-state index >= 15 is 0 Å². The maximum atomic E-state index is 14.4. The van der Waals surface area contributed by atoms with Crippen molar-refractivity contribution in [1.29, 1.82) is 0 Å². The molecule has 4 nitrogen and oxygen atoms in total. The van der Waals surface area contributed by atoms with Gasteiger partial charge in [-0.05, 0) is 42.4 Å². The lowest BCUT2D eigenvalue weighted by molar-refractivity contribution is -0.137. The summed E-state index contributed by atoms with van der Waals surface area (Å²) < 4.78 is 74.7. The number of benzene rings is 7. The van der Waals surface area contributed by atoms with Crippen LogP contribution in [0.5, 0.6) is 0 Å². The van der Waals surface area contributed by atoms with E-state index in [1.165, 1.54) is 12.1 Å². The smallest absolute Gasteiger partial charge is 0.408 e. The average molecular weight is 785 g/mol. The van der Waals surface area contributed by atoms with Crippen molar-refractivity contribution in [2.45, 2.75) is 6.18 Å². The first-order valence-corrected chi connectivity index (χ1v) is 24.6. The van der Waals surface area contributed by atoms with Gasteiger partial charge in [-0.2, -0.15) is 13.2 Å². The standard InChI is InChI=1S/C43H35F3O4Si4/c44-43(45,46)35-20-19-21-36(34-35)51-47-52(37-22-7-1-8-23-37,38-24-9-2-10-25-38)49-54(41-30-15-5-16-31-41,42-32-17-6-18-33-42)50-53(48-51,39-26-11-3-12-27-39)40-28-13-4-14-29-40/h1-34,51H. The molecule has 0 aromatic heterocycles. The van der Waals surface area contributed by atoms with E-state index in [0.717, 1.165) is 37.2 Å². The summed E-state index contributed by atoms with van der Waals surface area (Å²) in [5.74, 6) is 0. The zero-order valence-corrected chi connectivity index (χ0v) is 33.1. The van der Waals surface area contributed by atoms with E-state index in [0.29, 0.717) is 5.19 Å².